The first-order valence-electron chi connectivity index (χ1n) is 10.7. The number of carbonyl (C=O) groups excluding carboxylic acids is 2. The van der Waals surface area contributed by atoms with Gasteiger partial charge in [-0.1, -0.05) is 12.1 Å². The summed E-state index contributed by atoms with van der Waals surface area (Å²) in [6, 6.07) is 4.93. The number of halogens is 1. The predicted octanol–water partition coefficient (Wildman–Crippen LogP) is 2.31. The third kappa shape index (κ3) is 4.18. The summed E-state index contributed by atoms with van der Waals surface area (Å²) in [7, 11) is 0. The third-order valence-electron chi connectivity index (χ3n) is 6.05. The molecule has 32 heavy (non-hydrogen) atoms. The number of morpholine rings is 1. The number of nitrogens with zero attached hydrogens (tertiary/aromatic N) is 3. The van der Waals surface area contributed by atoms with Gasteiger partial charge >= 0.3 is 0 Å². The number of nitrogens with one attached hydrogen (secondary N) is 1. The van der Waals surface area contributed by atoms with E-state index >= 15 is 0 Å². The Kier molecular flexibility index (Phi) is 6.38. The van der Waals surface area contributed by atoms with Crippen LogP contribution in [0.25, 0.3) is 5.76 Å². The number of hydrogen-bond acceptors (Lipinski definition) is 6. The van der Waals surface area contributed by atoms with Gasteiger partial charge < -0.3 is 14.7 Å². The molecule has 2 aromatic rings. The molecule has 1 atom stereocenters. The molecule has 1 aromatic heterocycles. The second kappa shape index (κ2) is 9.22. The van der Waals surface area contributed by atoms with E-state index in [0.717, 1.165) is 19.6 Å². The number of aliphatic hydroxyl groups is 1. The van der Waals surface area contributed by atoms with Gasteiger partial charge in [-0.05, 0) is 38.0 Å². The van der Waals surface area contributed by atoms with Crippen molar-refractivity contribution < 1.29 is 23.8 Å². The van der Waals surface area contributed by atoms with Crippen LogP contribution in [0.4, 0.5) is 4.39 Å². The zero-order valence-corrected chi connectivity index (χ0v) is 18.2. The SMILES string of the molecule is Cc1n[nH]c(C)c1C(O)=C1C(=O)C(=O)N(CCCN2CCOCC2)[C@@H]1c1cccc(F)c1. The summed E-state index contributed by atoms with van der Waals surface area (Å²) in [5.74, 6) is -2.24. The van der Waals surface area contributed by atoms with E-state index in [0.29, 0.717) is 48.7 Å². The third-order valence-corrected chi connectivity index (χ3v) is 6.05. The average molecular weight is 442 g/mol. The Hall–Kier alpha value is -3.04. The molecule has 4 rings (SSSR count). The van der Waals surface area contributed by atoms with Crippen molar-refractivity contribution >= 4 is 17.4 Å². The Bertz CT molecular complexity index is 1040. The standard InChI is InChI=1S/C23H27FN4O4/c1-14-18(15(2)26-25-14)21(29)19-20(16-5-3-6-17(24)13-16)28(23(31)22(19)30)8-4-7-27-9-11-32-12-10-27/h3,5-6,13,20,29H,4,7-12H2,1-2H3,(H,25,26)/t20-/m1/s1. The van der Waals surface area contributed by atoms with Gasteiger partial charge in [-0.2, -0.15) is 5.10 Å². The minimum Gasteiger partial charge on any atom is -0.507 e. The predicted molar refractivity (Wildman–Crippen MR) is 115 cm³/mol. The summed E-state index contributed by atoms with van der Waals surface area (Å²) in [6.45, 7) is 7.50. The molecule has 2 aliphatic rings. The van der Waals surface area contributed by atoms with E-state index in [2.05, 4.69) is 15.1 Å². The second-order valence-electron chi connectivity index (χ2n) is 8.16. The molecular weight excluding hydrogens is 415 g/mol. The van der Waals surface area contributed by atoms with Crippen molar-refractivity contribution in [3.05, 3.63) is 58.2 Å². The van der Waals surface area contributed by atoms with Gasteiger partial charge in [-0.25, -0.2) is 4.39 Å². The summed E-state index contributed by atoms with van der Waals surface area (Å²) >= 11 is 0. The largest absolute Gasteiger partial charge is 0.507 e. The lowest BCUT2D eigenvalue weighted by molar-refractivity contribution is -0.140. The highest BCUT2D eigenvalue weighted by molar-refractivity contribution is 6.46. The van der Waals surface area contributed by atoms with Gasteiger partial charge in [0.15, 0.2) is 0 Å². The summed E-state index contributed by atoms with van der Waals surface area (Å²) < 4.78 is 19.4. The molecular formula is C23H27FN4O4. The van der Waals surface area contributed by atoms with Gasteiger partial charge in [0, 0.05) is 31.9 Å². The molecule has 0 unspecified atom stereocenters. The average Bonchev–Trinajstić information content (AvgIpc) is 3.24. The number of carbonyl (C=O) groups is 2. The summed E-state index contributed by atoms with van der Waals surface area (Å²) in [5, 5.41) is 18.0. The fourth-order valence-corrected chi connectivity index (χ4v) is 4.46. The van der Waals surface area contributed by atoms with Crippen molar-refractivity contribution in [3.8, 4) is 0 Å². The molecule has 0 saturated carbocycles. The van der Waals surface area contributed by atoms with Crippen LogP contribution < -0.4 is 0 Å². The van der Waals surface area contributed by atoms with Crippen LogP contribution in [0.2, 0.25) is 0 Å². The molecule has 8 nitrogen and oxygen atoms in total. The van der Waals surface area contributed by atoms with Gasteiger partial charge in [0.25, 0.3) is 11.7 Å². The first-order chi connectivity index (χ1) is 15.4. The number of Topliss-reactive ketones (excluding diaryl/α,β-unsaturated/α-hetero) is 1. The molecule has 2 saturated heterocycles. The van der Waals surface area contributed by atoms with Crippen LogP contribution in [0.1, 0.15) is 35.0 Å². The fraction of sp³-hybridized carbons (Fsp3) is 0.435. The lowest BCUT2D eigenvalue weighted by atomic mass is 9.94. The van der Waals surface area contributed by atoms with Crippen LogP contribution in [0.3, 0.4) is 0 Å². The maximum Gasteiger partial charge on any atom is 0.295 e. The van der Waals surface area contributed by atoms with Crippen LogP contribution in [0.5, 0.6) is 0 Å². The Morgan fingerprint density at radius 3 is 2.66 bits per heavy atom. The van der Waals surface area contributed by atoms with Crippen LogP contribution in [0, 0.1) is 19.7 Å². The first kappa shape index (κ1) is 22.2. The van der Waals surface area contributed by atoms with Crippen LogP contribution >= 0.6 is 0 Å². The van der Waals surface area contributed by atoms with Crippen molar-refractivity contribution in [1.82, 2.24) is 20.0 Å². The molecule has 1 amide bonds. The van der Waals surface area contributed by atoms with E-state index < -0.39 is 23.5 Å². The minimum atomic E-state index is -0.871. The van der Waals surface area contributed by atoms with E-state index in [4.69, 9.17) is 4.74 Å². The number of rotatable bonds is 6. The number of aryl methyl sites for hydroxylation is 2. The van der Waals surface area contributed by atoms with Crippen molar-refractivity contribution in [1.29, 1.82) is 0 Å². The van der Waals surface area contributed by atoms with E-state index in [1.807, 2.05) is 0 Å². The van der Waals surface area contributed by atoms with Crippen molar-refractivity contribution in [2.45, 2.75) is 26.3 Å². The number of amides is 1. The number of ketones is 1. The second-order valence-corrected chi connectivity index (χ2v) is 8.16. The highest BCUT2D eigenvalue weighted by Gasteiger charge is 2.46. The van der Waals surface area contributed by atoms with Gasteiger partial charge in [-0.15, -0.1) is 0 Å². The van der Waals surface area contributed by atoms with E-state index in [1.165, 1.54) is 23.1 Å². The number of aromatic nitrogens is 2. The van der Waals surface area contributed by atoms with Gasteiger partial charge in [-0.3, -0.25) is 19.6 Å². The number of aromatic amines is 1. The number of ether oxygens (including phenoxy) is 1. The molecule has 0 radical (unpaired) electrons. The molecule has 2 aliphatic heterocycles. The number of H-pyrrole nitrogens is 1. The number of hydrogen-bond donors (Lipinski definition) is 2. The summed E-state index contributed by atoms with van der Waals surface area (Å²) in [5.41, 5.74) is 1.88. The normalized spacial score (nSPS) is 21.5. The Labute approximate surface area is 185 Å². The lowest BCUT2D eigenvalue weighted by Gasteiger charge is -2.29. The van der Waals surface area contributed by atoms with Crippen LogP contribution in [-0.2, 0) is 14.3 Å². The molecule has 1 aromatic carbocycles. The maximum atomic E-state index is 14.1. The van der Waals surface area contributed by atoms with E-state index in [-0.39, 0.29) is 11.3 Å². The zero-order chi connectivity index (χ0) is 22.8. The molecule has 0 aliphatic carbocycles. The Balaban J connectivity index is 1.70. The Morgan fingerprint density at radius 1 is 1.25 bits per heavy atom. The molecule has 0 spiro atoms. The van der Waals surface area contributed by atoms with Crippen molar-refractivity contribution in [2.24, 2.45) is 0 Å². The van der Waals surface area contributed by atoms with Gasteiger partial charge in [0.1, 0.15) is 11.6 Å². The highest BCUT2D eigenvalue weighted by Crippen LogP contribution is 2.40. The number of likely N-dealkylation sites (tertiary alicyclic amines) is 1. The fourth-order valence-electron chi connectivity index (χ4n) is 4.46. The van der Waals surface area contributed by atoms with Crippen LogP contribution in [-0.4, -0.2) is 76.2 Å². The van der Waals surface area contributed by atoms with Crippen molar-refractivity contribution in [2.75, 3.05) is 39.4 Å². The highest BCUT2D eigenvalue weighted by atomic mass is 19.1. The maximum absolute atomic E-state index is 14.1. The quantitative estimate of drug-likeness (QED) is 0.405. The smallest absolute Gasteiger partial charge is 0.295 e. The molecule has 9 heteroatoms. The van der Waals surface area contributed by atoms with E-state index in [9.17, 15) is 19.1 Å². The van der Waals surface area contributed by atoms with Crippen LogP contribution in [0.15, 0.2) is 29.8 Å². The first-order valence-corrected chi connectivity index (χ1v) is 10.7. The van der Waals surface area contributed by atoms with E-state index in [1.54, 1.807) is 19.9 Å². The molecule has 170 valence electrons. The Morgan fingerprint density at radius 2 is 2.00 bits per heavy atom. The topological polar surface area (TPSA) is 98.8 Å². The summed E-state index contributed by atoms with van der Waals surface area (Å²) in [4.78, 5) is 29.7. The molecule has 3 heterocycles. The number of benzene rings is 1. The summed E-state index contributed by atoms with van der Waals surface area (Å²) in [6.07, 6.45) is 0.642. The molecule has 2 N–H and O–H groups in total. The monoisotopic (exact) mass is 442 g/mol. The molecule has 0 bridgehead atoms. The number of aliphatic hydroxyl groups excluding tert-OH is 1. The van der Waals surface area contributed by atoms with Crippen molar-refractivity contribution in [3.63, 3.8) is 0 Å². The van der Waals surface area contributed by atoms with Gasteiger partial charge in [0.2, 0.25) is 0 Å². The van der Waals surface area contributed by atoms with Gasteiger partial charge in [0.05, 0.1) is 36.1 Å². The lowest BCUT2D eigenvalue weighted by Crippen LogP contribution is -2.39. The zero-order valence-electron chi connectivity index (χ0n) is 18.2. The molecule has 2 fully saturated rings. The minimum absolute atomic E-state index is 0.0421.